The molecular formula is C9H8N4OS. The number of rotatable bonds is 2. The Kier molecular flexibility index (Phi) is 2.68. The first-order valence-electron chi connectivity index (χ1n) is 4.24. The summed E-state index contributed by atoms with van der Waals surface area (Å²) < 4.78 is 0. The lowest BCUT2D eigenvalue weighted by atomic mass is 10.3. The summed E-state index contributed by atoms with van der Waals surface area (Å²) in [4.78, 5) is 3.99. The van der Waals surface area contributed by atoms with Gasteiger partial charge in [0.1, 0.15) is 10.7 Å². The van der Waals surface area contributed by atoms with E-state index in [4.69, 9.17) is 5.21 Å². The van der Waals surface area contributed by atoms with Crippen molar-refractivity contribution in [3.05, 3.63) is 29.5 Å². The predicted octanol–water partition coefficient (Wildman–Crippen LogP) is 1.80. The van der Waals surface area contributed by atoms with Crippen LogP contribution in [-0.4, -0.2) is 26.1 Å². The average Bonchev–Trinajstić information content (AvgIpc) is 2.78. The van der Waals surface area contributed by atoms with Gasteiger partial charge in [-0.3, -0.25) is 4.98 Å². The summed E-state index contributed by atoms with van der Waals surface area (Å²) in [6.07, 6.45) is 3.42. The van der Waals surface area contributed by atoms with Gasteiger partial charge in [0, 0.05) is 18.0 Å². The molecule has 0 bridgehead atoms. The van der Waals surface area contributed by atoms with Gasteiger partial charge in [-0.25, -0.2) is 0 Å². The fourth-order valence-electron chi connectivity index (χ4n) is 1.02. The Labute approximate surface area is 90.1 Å². The SMILES string of the molecule is C/C(=N\O)c1nnc(-c2cccnc2)s1. The third kappa shape index (κ3) is 1.99. The van der Waals surface area contributed by atoms with Crippen LogP contribution >= 0.6 is 11.3 Å². The van der Waals surface area contributed by atoms with E-state index < -0.39 is 0 Å². The lowest BCUT2D eigenvalue weighted by Crippen LogP contribution is -1.92. The van der Waals surface area contributed by atoms with Crippen molar-refractivity contribution in [2.45, 2.75) is 6.92 Å². The maximum atomic E-state index is 8.58. The van der Waals surface area contributed by atoms with Crippen LogP contribution in [-0.2, 0) is 0 Å². The Morgan fingerprint density at radius 1 is 1.47 bits per heavy atom. The Hall–Kier alpha value is -1.82. The Balaban J connectivity index is 2.36. The lowest BCUT2D eigenvalue weighted by molar-refractivity contribution is 0.319. The predicted molar refractivity (Wildman–Crippen MR) is 57.1 cm³/mol. The largest absolute Gasteiger partial charge is 0.411 e. The minimum Gasteiger partial charge on any atom is -0.411 e. The summed E-state index contributed by atoms with van der Waals surface area (Å²) in [7, 11) is 0. The van der Waals surface area contributed by atoms with E-state index in [0.717, 1.165) is 10.6 Å². The van der Waals surface area contributed by atoms with Crippen LogP contribution in [0.5, 0.6) is 0 Å². The molecule has 5 nitrogen and oxygen atoms in total. The molecule has 0 saturated heterocycles. The van der Waals surface area contributed by atoms with Gasteiger partial charge in [0.15, 0.2) is 5.01 Å². The van der Waals surface area contributed by atoms with E-state index >= 15 is 0 Å². The average molecular weight is 220 g/mol. The summed E-state index contributed by atoms with van der Waals surface area (Å²) in [6, 6.07) is 3.74. The smallest absolute Gasteiger partial charge is 0.165 e. The van der Waals surface area contributed by atoms with E-state index in [-0.39, 0.29) is 0 Å². The van der Waals surface area contributed by atoms with Crippen LogP contribution in [0.15, 0.2) is 29.7 Å². The number of pyridine rings is 1. The van der Waals surface area contributed by atoms with E-state index in [0.29, 0.717) is 10.7 Å². The molecule has 2 rings (SSSR count). The quantitative estimate of drug-likeness (QED) is 0.476. The normalized spacial score (nSPS) is 11.7. The van der Waals surface area contributed by atoms with Gasteiger partial charge in [0.2, 0.25) is 0 Å². The van der Waals surface area contributed by atoms with Gasteiger partial charge in [0.25, 0.3) is 0 Å². The van der Waals surface area contributed by atoms with Gasteiger partial charge in [-0.2, -0.15) is 0 Å². The van der Waals surface area contributed by atoms with Crippen LogP contribution in [0.1, 0.15) is 11.9 Å². The minimum absolute atomic E-state index is 0.461. The topological polar surface area (TPSA) is 71.3 Å². The summed E-state index contributed by atoms with van der Waals surface area (Å²) in [5.74, 6) is 0. The van der Waals surface area contributed by atoms with Gasteiger partial charge < -0.3 is 5.21 Å². The van der Waals surface area contributed by atoms with Crippen LogP contribution in [0.2, 0.25) is 0 Å². The molecule has 0 radical (unpaired) electrons. The van der Waals surface area contributed by atoms with Crippen molar-refractivity contribution in [3.8, 4) is 10.6 Å². The van der Waals surface area contributed by atoms with Crippen LogP contribution in [0.25, 0.3) is 10.6 Å². The summed E-state index contributed by atoms with van der Waals surface area (Å²) >= 11 is 1.37. The highest BCUT2D eigenvalue weighted by molar-refractivity contribution is 7.16. The second kappa shape index (κ2) is 4.14. The maximum absolute atomic E-state index is 8.58. The molecule has 0 unspecified atom stereocenters. The monoisotopic (exact) mass is 220 g/mol. The number of oxime groups is 1. The van der Waals surface area contributed by atoms with Crippen LogP contribution in [0.3, 0.4) is 0 Å². The molecular weight excluding hydrogens is 212 g/mol. The third-order valence-corrected chi connectivity index (χ3v) is 2.87. The summed E-state index contributed by atoms with van der Waals surface area (Å²) in [6.45, 7) is 1.67. The Morgan fingerprint density at radius 3 is 3.00 bits per heavy atom. The highest BCUT2D eigenvalue weighted by Gasteiger charge is 2.08. The van der Waals surface area contributed by atoms with Gasteiger partial charge in [-0.1, -0.05) is 16.5 Å². The minimum atomic E-state index is 0.461. The molecule has 1 N–H and O–H groups in total. The van der Waals surface area contributed by atoms with Crippen molar-refractivity contribution in [2.24, 2.45) is 5.16 Å². The van der Waals surface area contributed by atoms with Crippen LogP contribution in [0.4, 0.5) is 0 Å². The molecule has 2 heterocycles. The molecule has 0 fully saturated rings. The molecule has 0 spiro atoms. The second-order valence-corrected chi connectivity index (χ2v) is 3.82. The zero-order valence-electron chi connectivity index (χ0n) is 7.95. The van der Waals surface area contributed by atoms with Crippen molar-refractivity contribution < 1.29 is 5.21 Å². The van der Waals surface area contributed by atoms with Crippen LogP contribution in [0, 0.1) is 0 Å². The first-order chi connectivity index (χ1) is 7.31. The molecule has 0 saturated carbocycles. The molecule has 15 heavy (non-hydrogen) atoms. The van der Waals surface area contributed by atoms with Crippen molar-refractivity contribution >= 4 is 17.0 Å². The second-order valence-electron chi connectivity index (χ2n) is 2.84. The number of hydrogen-bond donors (Lipinski definition) is 1. The van der Waals surface area contributed by atoms with Gasteiger partial charge in [0.05, 0.1) is 0 Å². The zero-order chi connectivity index (χ0) is 10.7. The highest BCUT2D eigenvalue weighted by Crippen LogP contribution is 2.22. The van der Waals surface area contributed by atoms with Crippen LogP contribution < -0.4 is 0 Å². The van der Waals surface area contributed by atoms with Gasteiger partial charge in [-0.05, 0) is 19.1 Å². The number of aromatic nitrogens is 3. The molecule has 0 atom stereocenters. The Bertz CT molecular complexity index is 480. The Morgan fingerprint density at radius 2 is 2.33 bits per heavy atom. The maximum Gasteiger partial charge on any atom is 0.165 e. The third-order valence-electron chi connectivity index (χ3n) is 1.79. The molecule has 0 aliphatic rings. The molecule has 76 valence electrons. The molecule has 0 aliphatic carbocycles. The van der Waals surface area contributed by atoms with E-state index in [1.807, 2.05) is 12.1 Å². The molecule has 2 aromatic heterocycles. The zero-order valence-corrected chi connectivity index (χ0v) is 8.77. The molecule has 6 heteroatoms. The number of nitrogens with zero attached hydrogens (tertiary/aromatic N) is 4. The van der Waals surface area contributed by atoms with E-state index in [9.17, 15) is 0 Å². The molecule has 0 aromatic carbocycles. The molecule has 2 aromatic rings. The van der Waals surface area contributed by atoms with Crippen molar-refractivity contribution in [1.29, 1.82) is 0 Å². The van der Waals surface area contributed by atoms with E-state index in [2.05, 4.69) is 20.3 Å². The van der Waals surface area contributed by atoms with E-state index in [1.165, 1.54) is 11.3 Å². The summed E-state index contributed by atoms with van der Waals surface area (Å²) in [5.41, 5.74) is 1.37. The first-order valence-corrected chi connectivity index (χ1v) is 5.06. The summed E-state index contributed by atoms with van der Waals surface area (Å²) in [5, 5.41) is 20.9. The molecule has 0 amide bonds. The lowest BCUT2D eigenvalue weighted by Gasteiger charge is -1.90. The fourth-order valence-corrected chi connectivity index (χ4v) is 1.79. The standard InChI is InChI=1S/C9H8N4OS/c1-6(13-14)8-11-12-9(15-8)7-3-2-4-10-5-7/h2-5,14H,1H3/b13-6+. The van der Waals surface area contributed by atoms with Gasteiger partial charge in [-0.15, -0.1) is 10.2 Å². The van der Waals surface area contributed by atoms with E-state index in [1.54, 1.807) is 19.3 Å². The van der Waals surface area contributed by atoms with Crippen molar-refractivity contribution in [3.63, 3.8) is 0 Å². The van der Waals surface area contributed by atoms with Crippen molar-refractivity contribution in [1.82, 2.24) is 15.2 Å². The first kappa shape index (κ1) is 9.72. The van der Waals surface area contributed by atoms with Gasteiger partial charge >= 0.3 is 0 Å². The highest BCUT2D eigenvalue weighted by atomic mass is 32.1. The number of hydrogen-bond acceptors (Lipinski definition) is 6. The fraction of sp³-hybridized carbons (Fsp3) is 0.111. The molecule has 0 aliphatic heterocycles. The van der Waals surface area contributed by atoms with Crippen molar-refractivity contribution in [2.75, 3.05) is 0 Å².